The van der Waals surface area contributed by atoms with Crippen molar-refractivity contribution < 1.29 is 13.2 Å². The van der Waals surface area contributed by atoms with Crippen LogP contribution in [0.25, 0.3) is 0 Å². The zero-order chi connectivity index (χ0) is 14.2. The normalized spacial score (nSPS) is 24.1. The first-order valence-corrected chi connectivity index (χ1v) is 7.03. The van der Waals surface area contributed by atoms with Crippen LogP contribution in [0.5, 0.6) is 0 Å². The lowest BCUT2D eigenvalue weighted by atomic mass is 10.1. The van der Waals surface area contributed by atoms with Gasteiger partial charge in [0.05, 0.1) is 5.56 Å². The molecule has 110 valence electrons. The van der Waals surface area contributed by atoms with Crippen LogP contribution >= 0.6 is 0 Å². The van der Waals surface area contributed by atoms with Crippen molar-refractivity contribution in [3.05, 3.63) is 23.9 Å². The van der Waals surface area contributed by atoms with Crippen LogP contribution in [0, 0.1) is 5.92 Å². The van der Waals surface area contributed by atoms with Crippen LogP contribution in [0.3, 0.4) is 0 Å². The fourth-order valence-electron chi connectivity index (χ4n) is 2.75. The topological polar surface area (TPSA) is 28.2 Å². The van der Waals surface area contributed by atoms with Crippen LogP contribution < -0.4 is 5.32 Å². The maximum Gasteiger partial charge on any atom is 0.416 e. The Balaban J connectivity index is 1.53. The number of alkyl halides is 3. The molecule has 1 saturated heterocycles. The molecule has 0 aromatic carbocycles. The molecular formula is C14H18F3N3. The molecule has 2 aliphatic rings. The van der Waals surface area contributed by atoms with Gasteiger partial charge in [-0.3, -0.25) is 0 Å². The van der Waals surface area contributed by atoms with Crippen molar-refractivity contribution in [2.75, 3.05) is 25.0 Å². The average molecular weight is 285 g/mol. The highest BCUT2D eigenvalue weighted by Crippen LogP contribution is 2.32. The maximum atomic E-state index is 12.6. The second-order valence-corrected chi connectivity index (χ2v) is 5.69. The Labute approximate surface area is 116 Å². The number of anilines is 1. The second kappa shape index (κ2) is 5.24. The molecule has 0 bridgehead atoms. The minimum atomic E-state index is -4.31. The van der Waals surface area contributed by atoms with Gasteiger partial charge in [0, 0.05) is 25.3 Å². The summed E-state index contributed by atoms with van der Waals surface area (Å²) in [5.41, 5.74) is -0.652. The Morgan fingerprint density at radius 3 is 2.80 bits per heavy atom. The van der Waals surface area contributed by atoms with Gasteiger partial charge in [-0.1, -0.05) is 0 Å². The molecule has 1 N–H and O–H groups in total. The summed E-state index contributed by atoms with van der Waals surface area (Å²) in [4.78, 5) is 6.45. The molecule has 1 aromatic rings. The Morgan fingerprint density at radius 1 is 1.30 bits per heavy atom. The Bertz CT molecular complexity index is 471. The van der Waals surface area contributed by atoms with Crippen molar-refractivity contribution in [1.82, 2.24) is 9.88 Å². The zero-order valence-electron chi connectivity index (χ0n) is 11.2. The van der Waals surface area contributed by atoms with Gasteiger partial charge in [-0.25, -0.2) is 4.98 Å². The van der Waals surface area contributed by atoms with Crippen molar-refractivity contribution >= 4 is 5.82 Å². The van der Waals surface area contributed by atoms with Gasteiger partial charge >= 0.3 is 6.18 Å². The molecule has 1 saturated carbocycles. The quantitative estimate of drug-likeness (QED) is 0.921. The van der Waals surface area contributed by atoms with Crippen LogP contribution in [0.4, 0.5) is 19.0 Å². The monoisotopic (exact) mass is 285 g/mol. The molecule has 1 aliphatic heterocycles. The van der Waals surface area contributed by atoms with E-state index in [1.54, 1.807) is 0 Å². The molecule has 0 spiro atoms. The highest BCUT2D eigenvalue weighted by molar-refractivity contribution is 5.38. The van der Waals surface area contributed by atoms with Gasteiger partial charge < -0.3 is 10.2 Å². The minimum absolute atomic E-state index is 0.310. The van der Waals surface area contributed by atoms with Gasteiger partial charge in [-0.2, -0.15) is 13.2 Å². The summed E-state index contributed by atoms with van der Waals surface area (Å²) in [5.74, 6) is 0.816. The fourth-order valence-corrected chi connectivity index (χ4v) is 2.75. The van der Waals surface area contributed by atoms with E-state index in [2.05, 4.69) is 15.2 Å². The van der Waals surface area contributed by atoms with E-state index < -0.39 is 11.7 Å². The van der Waals surface area contributed by atoms with Crippen LogP contribution in [-0.4, -0.2) is 35.6 Å². The van der Waals surface area contributed by atoms with E-state index in [1.807, 2.05) is 0 Å². The minimum Gasteiger partial charge on any atom is -0.370 e. The molecular weight excluding hydrogens is 267 g/mol. The second-order valence-electron chi connectivity index (χ2n) is 5.69. The van der Waals surface area contributed by atoms with E-state index in [-0.39, 0.29) is 0 Å². The number of halogens is 3. The van der Waals surface area contributed by atoms with Crippen molar-refractivity contribution in [3.8, 4) is 0 Å². The Morgan fingerprint density at radius 2 is 2.10 bits per heavy atom. The summed E-state index contributed by atoms with van der Waals surface area (Å²) < 4.78 is 37.8. The predicted molar refractivity (Wildman–Crippen MR) is 70.4 cm³/mol. The molecule has 20 heavy (non-hydrogen) atoms. The number of likely N-dealkylation sites (tertiary alicyclic amines) is 1. The first-order valence-electron chi connectivity index (χ1n) is 7.03. The van der Waals surface area contributed by atoms with Gasteiger partial charge in [0.2, 0.25) is 0 Å². The lowest BCUT2D eigenvalue weighted by Crippen LogP contribution is -2.25. The number of hydrogen-bond acceptors (Lipinski definition) is 3. The lowest BCUT2D eigenvalue weighted by Gasteiger charge is -2.15. The molecule has 0 amide bonds. The van der Waals surface area contributed by atoms with Crippen molar-refractivity contribution in [2.45, 2.75) is 31.5 Å². The summed E-state index contributed by atoms with van der Waals surface area (Å²) in [6, 6.07) is 2.84. The largest absolute Gasteiger partial charge is 0.416 e. The number of rotatable bonds is 4. The number of pyridine rings is 1. The Kier molecular flexibility index (Phi) is 3.58. The molecule has 2 heterocycles. The number of nitrogens with one attached hydrogen (secondary N) is 1. The van der Waals surface area contributed by atoms with E-state index in [4.69, 9.17) is 0 Å². The van der Waals surface area contributed by atoms with E-state index in [1.165, 1.54) is 19.0 Å². The van der Waals surface area contributed by atoms with Gasteiger partial charge in [0.25, 0.3) is 0 Å². The van der Waals surface area contributed by atoms with Crippen molar-refractivity contribution in [3.63, 3.8) is 0 Å². The molecule has 1 aromatic heterocycles. The first kappa shape index (κ1) is 13.7. The van der Waals surface area contributed by atoms with Crippen molar-refractivity contribution in [2.24, 2.45) is 5.92 Å². The summed E-state index contributed by atoms with van der Waals surface area (Å²) in [7, 11) is 0. The molecule has 1 atom stereocenters. The summed E-state index contributed by atoms with van der Waals surface area (Å²) in [5, 5.41) is 3.04. The highest BCUT2D eigenvalue weighted by atomic mass is 19.4. The van der Waals surface area contributed by atoms with Crippen molar-refractivity contribution in [1.29, 1.82) is 0 Å². The van der Waals surface area contributed by atoms with E-state index in [0.717, 1.165) is 37.7 Å². The summed E-state index contributed by atoms with van der Waals surface area (Å²) in [6.07, 6.45) is 0.610. The molecule has 1 unspecified atom stereocenters. The third kappa shape index (κ3) is 3.23. The molecule has 3 nitrogen and oxygen atoms in total. The van der Waals surface area contributed by atoms with E-state index in [0.29, 0.717) is 18.3 Å². The average Bonchev–Trinajstić information content (AvgIpc) is 3.15. The Hall–Kier alpha value is -1.30. The molecule has 3 rings (SSSR count). The first-order chi connectivity index (χ1) is 9.52. The lowest BCUT2D eigenvalue weighted by molar-refractivity contribution is -0.137. The fraction of sp³-hybridized carbons (Fsp3) is 0.643. The van der Waals surface area contributed by atoms with Crippen LogP contribution in [-0.2, 0) is 6.18 Å². The molecule has 6 heteroatoms. The van der Waals surface area contributed by atoms with Crippen LogP contribution in [0.2, 0.25) is 0 Å². The van der Waals surface area contributed by atoms with E-state index in [9.17, 15) is 13.2 Å². The van der Waals surface area contributed by atoms with Gasteiger partial charge in [-0.05, 0) is 43.9 Å². The number of hydrogen-bond donors (Lipinski definition) is 1. The number of nitrogens with zero attached hydrogens (tertiary/aromatic N) is 2. The van der Waals surface area contributed by atoms with Crippen LogP contribution in [0.1, 0.15) is 24.8 Å². The number of aromatic nitrogens is 1. The SMILES string of the molecule is FC(F)(F)c1ccnc(NCC2CCN(C3CC3)C2)c1. The summed E-state index contributed by atoms with van der Waals surface area (Å²) in [6.45, 7) is 2.86. The zero-order valence-corrected chi connectivity index (χ0v) is 11.2. The highest BCUT2D eigenvalue weighted by Gasteiger charge is 2.34. The summed E-state index contributed by atoms with van der Waals surface area (Å²) >= 11 is 0. The third-order valence-corrected chi connectivity index (χ3v) is 4.04. The standard InChI is InChI=1S/C14H18F3N3/c15-14(16,17)11-3-5-18-13(7-11)19-8-10-4-6-20(9-10)12-1-2-12/h3,5,7,10,12H,1-2,4,6,8-9H2,(H,18,19). The van der Waals surface area contributed by atoms with Gasteiger partial charge in [-0.15, -0.1) is 0 Å². The van der Waals surface area contributed by atoms with Gasteiger partial charge in [0.1, 0.15) is 5.82 Å². The van der Waals surface area contributed by atoms with Crippen LogP contribution in [0.15, 0.2) is 18.3 Å². The molecule has 2 fully saturated rings. The predicted octanol–water partition coefficient (Wildman–Crippen LogP) is 3.00. The smallest absolute Gasteiger partial charge is 0.370 e. The third-order valence-electron chi connectivity index (χ3n) is 4.04. The van der Waals surface area contributed by atoms with Gasteiger partial charge in [0.15, 0.2) is 0 Å². The van der Waals surface area contributed by atoms with E-state index >= 15 is 0 Å². The maximum absolute atomic E-state index is 12.6. The molecule has 0 radical (unpaired) electrons. The molecule has 1 aliphatic carbocycles.